The van der Waals surface area contributed by atoms with Crippen molar-refractivity contribution < 1.29 is 4.52 Å². The van der Waals surface area contributed by atoms with Crippen molar-refractivity contribution in [2.24, 2.45) is 0 Å². The van der Waals surface area contributed by atoms with Gasteiger partial charge in [0, 0.05) is 0 Å². The lowest BCUT2D eigenvalue weighted by molar-refractivity contribution is 0.381. The molecule has 3 nitrogen and oxygen atoms in total. The molecule has 0 spiro atoms. The normalized spacial score (nSPS) is 12.7. The summed E-state index contributed by atoms with van der Waals surface area (Å²) in [7, 11) is 0. The molecule has 0 radical (unpaired) electrons. The summed E-state index contributed by atoms with van der Waals surface area (Å²) in [5, 5.41) is 3.14. The van der Waals surface area contributed by atoms with Crippen LogP contribution in [-0.2, 0) is 0 Å². The second kappa shape index (κ2) is 3.58. The van der Waals surface area contributed by atoms with Gasteiger partial charge in [-0.3, -0.25) is 0 Å². The number of hydrogen-bond donors (Lipinski definition) is 0. The van der Waals surface area contributed by atoms with Gasteiger partial charge in [-0.1, -0.05) is 35.5 Å². The Hall–Kier alpha value is -1.35. The average molecular weight is 195 g/mol. The Kier molecular flexibility index (Phi) is 2.27. The SMILES string of the molecule is Cl[C@@H](c1ccccc1)c1ncno1. The van der Waals surface area contributed by atoms with E-state index in [1.807, 2.05) is 30.3 Å². The van der Waals surface area contributed by atoms with Gasteiger partial charge in [0.25, 0.3) is 0 Å². The van der Waals surface area contributed by atoms with Gasteiger partial charge >= 0.3 is 0 Å². The van der Waals surface area contributed by atoms with E-state index in [4.69, 9.17) is 16.1 Å². The van der Waals surface area contributed by atoms with Gasteiger partial charge < -0.3 is 4.52 Å². The molecule has 0 amide bonds. The van der Waals surface area contributed by atoms with Crippen molar-refractivity contribution in [3.8, 4) is 0 Å². The van der Waals surface area contributed by atoms with Crippen LogP contribution in [0.15, 0.2) is 41.2 Å². The summed E-state index contributed by atoms with van der Waals surface area (Å²) < 4.78 is 4.86. The minimum Gasteiger partial charge on any atom is -0.338 e. The van der Waals surface area contributed by atoms with Gasteiger partial charge in [0.2, 0.25) is 5.89 Å². The number of halogens is 1. The molecule has 0 unspecified atom stereocenters. The van der Waals surface area contributed by atoms with Gasteiger partial charge in [0.15, 0.2) is 6.33 Å². The van der Waals surface area contributed by atoms with Crippen LogP contribution in [0.3, 0.4) is 0 Å². The number of benzene rings is 1. The molecule has 0 N–H and O–H groups in total. The number of aromatic nitrogens is 2. The summed E-state index contributed by atoms with van der Waals surface area (Å²) in [6.45, 7) is 0. The molecule has 66 valence electrons. The topological polar surface area (TPSA) is 38.9 Å². The first kappa shape index (κ1) is 8.26. The Morgan fingerprint density at radius 1 is 1.23 bits per heavy atom. The Labute approximate surface area is 80.3 Å². The van der Waals surface area contributed by atoms with Crippen LogP contribution in [0.2, 0.25) is 0 Å². The maximum absolute atomic E-state index is 6.08. The van der Waals surface area contributed by atoms with E-state index in [2.05, 4.69) is 10.1 Å². The number of nitrogens with zero attached hydrogens (tertiary/aromatic N) is 2. The van der Waals surface area contributed by atoms with E-state index in [1.54, 1.807) is 0 Å². The Morgan fingerprint density at radius 3 is 2.62 bits per heavy atom. The number of alkyl halides is 1. The summed E-state index contributed by atoms with van der Waals surface area (Å²) in [6, 6.07) is 9.60. The van der Waals surface area contributed by atoms with Crippen LogP contribution >= 0.6 is 11.6 Å². The monoisotopic (exact) mass is 194 g/mol. The average Bonchev–Trinajstić information content (AvgIpc) is 2.71. The third-order valence-corrected chi connectivity index (χ3v) is 2.13. The predicted octanol–water partition coefficient (Wildman–Crippen LogP) is 2.40. The fourth-order valence-corrected chi connectivity index (χ4v) is 1.30. The third kappa shape index (κ3) is 1.70. The molecule has 13 heavy (non-hydrogen) atoms. The molecule has 0 saturated heterocycles. The predicted molar refractivity (Wildman–Crippen MR) is 48.4 cm³/mol. The first-order valence-electron chi connectivity index (χ1n) is 3.83. The standard InChI is InChI=1S/C9H7ClN2O/c10-8(9-11-6-12-13-9)7-4-2-1-3-5-7/h1-6,8H/t8-/m0/s1. The summed E-state index contributed by atoms with van der Waals surface area (Å²) in [6.07, 6.45) is 1.34. The van der Waals surface area contributed by atoms with Crippen molar-refractivity contribution in [3.63, 3.8) is 0 Å². The highest BCUT2D eigenvalue weighted by Crippen LogP contribution is 2.25. The molecular formula is C9H7ClN2O. The van der Waals surface area contributed by atoms with Crippen molar-refractivity contribution >= 4 is 11.6 Å². The molecule has 1 aromatic carbocycles. The van der Waals surface area contributed by atoms with Crippen molar-refractivity contribution in [1.29, 1.82) is 0 Å². The van der Waals surface area contributed by atoms with E-state index < -0.39 is 0 Å². The molecule has 0 aliphatic rings. The minimum atomic E-state index is -0.358. The highest BCUT2D eigenvalue weighted by Gasteiger charge is 2.14. The van der Waals surface area contributed by atoms with Gasteiger partial charge in [0.05, 0.1) is 0 Å². The van der Waals surface area contributed by atoms with Gasteiger partial charge in [-0.25, -0.2) is 0 Å². The Bertz CT molecular complexity index is 360. The van der Waals surface area contributed by atoms with E-state index in [0.29, 0.717) is 5.89 Å². The van der Waals surface area contributed by atoms with E-state index in [9.17, 15) is 0 Å². The van der Waals surface area contributed by atoms with Crippen LogP contribution in [0, 0.1) is 0 Å². The molecule has 1 heterocycles. The number of rotatable bonds is 2. The largest absolute Gasteiger partial charge is 0.338 e. The third-order valence-electron chi connectivity index (χ3n) is 1.69. The quantitative estimate of drug-likeness (QED) is 0.690. The zero-order chi connectivity index (χ0) is 9.10. The zero-order valence-electron chi connectivity index (χ0n) is 6.72. The van der Waals surface area contributed by atoms with Gasteiger partial charge in [-0.15, -0.1) is 11.6 Å². The minimum absolute atomic E-state index is 0.358. The molecular weight excluding hydrogens is 188 g/mol. The van der Waals surface area contributed by atoms with E-state index >= 15 is 0 Å². The summed E-state index contributed by atoms with van der Waals surface area (Å²) in [5.41, 5.74) is 0.952. The smallest absolute Gasteiger partial charge is 0.248 e. The highest BCUT2D eigenvalue weighted by molar-refractivity contribution is 6.22. The van der Waals surface area contributed by atoms with Crippen molar-refractivity contribution in [3.05, 3.63) is 48.1 Å². The van der Waals surface area contributed by atoms with E-state index in [0.717, 1.165) is 5.56 Å². The maximum atomic E-state index is 6.08. The van der Waals surface area contributed by atoms with Crippen molar-refractivity contribution in [2.45, 2.75) is 5.38 Å². The fourth-order valence-electron chi connectivity index (χ4n) is 1.06. The lowest BCUT2D eigenvalue weighted by Crippen LogP contribution is -1.92. The van der Waals surface area contributed by atoms with Crippen molar-refractivity contribution in [2.75, 3.05) is 0 Å². The number of hydrogen-bond acceptors (Lipinski definition) is 3. The molecule has 0 aliphatic heterocycles. The molecule has 0 bridgehead atoms. The van der Waals surface area contributed by atoms with Gasteiger partial charge in [0.1, 0.15) is 5.38 Å². The van der Waals surface area contributed by atoms with Crippen LogP contribution in [0.25, 0.3) is 0 Å². The second-order valence-electron chi connectivity index (χ2n) is 2.55. The first-order chi connectivity index (χ1) is 6.38. The molecule has 2 rings (SSSR count). The highest BCUT2D eigenvalue weighted by atomic mass is 35.5. The molecule has 1 atom stereocenters. The fraction of sp³-hybridized carbons (Fsp3) is 0.111. The Morgan fingerprint density at radius 2 is 2.00 bits per heavy atom. The lowest BCUT2D eigenvalue weighted by atomic mass is 10.1. The Balaban J connectivity index is 2.29. The molecule has 0 saturated carbocycles. The summed E-state index contributed by atoms with van der Waals surface area (Å²) >= 11 is 6.08. The maximum Gasteiger partial charge on any atom is 0.248 e. The molecule has 2 aromatic rings. The molecule has 4 heteroatoms. The summed E-state index contributed by atoms with van der Waals surface area (Å²) in [4.78, 5) is 3.88. The van der Waals surface area contributed by atoms with Crippen LogP contribution in [0.5, 0.6) is 0 Å². The molecule has 0 fully saturated rings. The van der Waals surface area contributed by atoms with Crippen LogP contribution in [-0.4, -0.2) is 10.1 Å². The van der Waals surface area contributed by atoms with Crippen LogP contribution in [0.1, 0.15) is 16.8 Å². The summed E-state index contributed by atoms with van der Waals surface area (Å²) in [5.74, 6) is 0.424. The van der Waals surface area contributed by atoms with E-state index in [-0.39, 0.29) is 5.38 Å². The van der Waals surface area contributed by atoms with Crippen LogP contribution < -0.4 is 0 Å². The zero-order valence-corrected chi connectivity index (χ0v) is 7.48. The lowest BCUT2D eigenvalue weighted by Gasteiger charge is -2.02. The van der Waals surface area contributed by atoms with E-state index in [1.165, 1.54) is 6.33 Å². The first-order valence-corrected chi connectivity index (χ1v) is 4.27. The van der Waals surface area contributed by atoms with Crippen LogP contribution in [0.4, 0.5) is 0 Å². The molecule has 0 aliphatic carbocycles. The van der Waals surface area contributed by atoms with Gasteiger partial charge in [-0.2, -0.15) is 4.98 Å². The second-order valence-corrected chi connectivity index (χ2v) is 2.99. The molecule has 1 aromatic heterocycles. The van der Waals surface area contributed by atoms with Gasteiger partial charge in [-0.05, 0) is 5.56 Å². The van der Waals surface area contributed by atoms with Crippen molar-refractivity contribution in [1.82, 2.24) is 10.1 Å².